The summed E-state index contributed by atoms with van der Waals surface area (Å²) in [4.78, 5) is 51.5. The maximum Gasteiger partial charge on any atom is 0.335 e. The molecule has 1 aliphatic heterocycles. The van der Waals surface area contributed by atoms with Crippen molar-refractivity contribution in [1.82, 2.24) is 0 Å². The van der Waals surface area contributed by atoms with Crippen molar-refractivity contribution in [2.24, 2.45) is 0 Å². The summed E-state index contributed by atoms with van der Waals surface area (Å²) in [6.07, 6.45) is 58.4. The number of aliphatic carboxylic acids is 1. The van der Waals surface area contributed by atoms with Crippen LogP contribution in [0.2, 0.25) is 0 Å². The number of carboxylic acid groups (broad SMARTS) is 1. The highest BCUT2D eigenvalue weighted by Crippen LogP contribution is 2.27. The molecule has 0 saturated carbocycles. The van der Waals surface area contributed by atoms with Gasteiger partial charge in [0.25, 0.3) is 0 Å². The third-order valence-corrected chi connectivity index (χ3v) is 16.5. The Bertz CT molecular complexity index is 1530. The van der Waals surface area contributed by atoms with Crippen LogP contribution in [0, 0.1) is 0 Å². The first-order valence-electron chi connectivity index (χ1n) is 35.3. The average Bonchev–Trinajstić information content (AvgIpc) is 3.58. The van der Waals surface area contributed by atoms with E-state index in [1.807, 2.05) is 0 Å². The van der Waals surface area contributed by atoms with Crippen molar-refractivity contribution in [2.45, 2.75) is 391 Å². The lowest BCUT2D eigenvalue weighted by atomic mass is 9.98. The second-order valence-electron chi connectivity index (χ2n) is 24.5. The first kappa shape index (κ1) is 78.2. The van der Waals surface area contributed by atoms with Gasteiger partial charge in [0, 0.05) is 19.3 Å². The normalized spacial score (nSPS) is 17.6. The van der Waals surface area contributed by atoms with Crippen molar-refractivity contribution < 1.29 is 58.2 Å². The number of unbranched alkanes of at least 4 members (excludes halogenated alkanes) is 44. The number of hydrogen-bond acceptors (Lipinski definition) is 11. The minimum atomic E-state index is -1.90. The van der Waals surface area contributed by atoms with Gasteiger partial charge in [-0.05, 0) is 51.4 Å². The summed E-state index contributed by atoms with van der Waals surface area (Å²) in [7, 11) is 0. The molecule has 0 aromatic rings. The number of carbonyl (C=O) groups excluding carboxylic acids is 3. The van der Waals surface area contributed by atoms with Gasteiger partial charge in [-0.3, -0.25) is 14.4 Å². The van der Waals surface area contributed by atoms with Crippen molar-refractivity contribution in [3.8, 4) is 0 Å². The van der Waals surface area contributed by atoms with Gasteiger partial charge in [-0.1, -0.05) is 308 Å². The van der Waals surface area contributed by atoms with Gasteiger partial charge in [-0.25, -0.2) is 4.79 Å². The number of ether oxygens (including phenoxy) is 5. The maximum atomic E-state index is 13.2. The number of aliphatic hydroxyl groups is 2. The highest BCUT2D eigenvalue weighted by molar-refractivity contribution is 5.74. The quantitative estimate of drug-likeness (QED) is 0.0228. The van der Waals surface area contributed by atoms with Crippen LogP contribution in [0.3, 0.4) is 0 Å². The van der Waals surface area contributed by atoms with Gasteiger partial charge in [0.05, 0.1) is 6.61 Å². The van der Waals surface area contributed by atoms with E-state index in [0.29, 0.717) is 19.3 Å². The van der Waals surface area contributed by atoms with Crippen LogP contribution in [0.1, 0.15) is 355 Å². The molecule has 0 amide bonds. The number of aliphatic hydroxyl groups excluding tert-OH is 2. The van der Waals surface area contributed by atoms with Gasteiger partial charge in [-0.2, -0.15) is 0 Å². The molecular formula is C71H130O12. The van der Waals surface area contributed by atoms with E-state index in [9.17, 15) is 34.5 Å². The zero-order valence-corrected chi connectivity index (χ0v) is 54.0. The fraction of sp³-hybridized carbons (Fsp3) is 0.887. The second-order valence-corrected chi connectivity index (χ2v) is 24.5. The van der Waals surface area contributed by atoms with Crippen LogP contribution in [0.4, 0.5) is 0 Å². The Balaban J connectivity index is 2.61. The summed E-state index contributed by atoms with van der Waals surface area (Å²) in [6.45, 7) is 6.05. The van der Waals surface area contributed by atoms with Crippen molar-refractivity contribution in [3.05, 3.63) is 24.3 Å². The third kappa shape index (κ3) is 48.9. The molecule has 12 heteroatoms. The van der Waals surface area contributed by atoms with Crippen LogP contribution in [0.15, 0.2) is 24.3 Å². The van der Waals surface area contributed by atoms with E-state index in [4.69, 9.17) is 23.7 Å². The minimum Gasteiger partial charge on any atom is -0.479 e. The number of allylic oxidation sites excluding steroid dienone is 4. The molecule has 6 atom stereocenters. The lowest BCUT2D eigenvalue weighted by Gasteiger charge is -2.40. The van der Waals surface area contributed by atoms with E-state index < -0.39 is 67.3 Å². The summed E-state index contributed by atoms with van der Waals surface area (Å²) < 4.78 is 28.6. The van der Waals surface area contributed by atoms with Gasteiger partial charge < -0.3 is 39.0 Å². The summed E-state index contributed by atoms with van der Waals surface area (Å²) >= 11 is 0. The van der Waals surface area contributed by atoms with Crippen molar-refractivity contribution in [1.29, 1.82) is 0 Å². The molecule has 1 saturated heterocycles. The van der Waals surface area contributed by atoms with Gasteiger partial charge in [-0.15, -0.1) is 0 Å². The first-order chi connectivity index (χ1) is 40.6. The molecule has 1 aliphatic rings. The van der Waals surface area contributed by atoms with E-state index >= 15 is 0 Å². The van der Waals surface area contributed by atoms with Gasteiger partial charge in [0.1, 0.15) is 18.8 Å². The Labute approximate surface area is 508 Å². The smallest absolute Gasteiger partial charge is 0.335 e. The largest absolute Gasteiger partial charge is 0.479 e. The third-order valence-electron chi connectivity index (χ3n) is 16.5. The summed E-state index contributed by atoms with van der Waals surface area (Å²) in [5.41, 5.74) is 0. The molecule has 0 radical (unpaired) electrons. The first-order valence-corrected chi connectivity index (χ1v) is 35.3. The van der Waals surface area contributed by atoms with Gasteiger partial charge in [0.2, 0.25) is 0 Å². The molecule has 0 spiro atoms. The monoisotopic (exact) mass is 1170 g/mol. The SMILES string of the molecule is CCCCC/C=C\C/C=C\CCCCCCCCCC(=O)OCC(COC1OC(C(=O)O)C(O)C(O)C1OC(=O)CCCCCCCCCCCCCCCCCCCCC)OC(=O)CCCCCCCCCCCCCCCCCCC. The summed E-state index contributed by atoms with van der Waals surface area (Å²) in [5, 5.41) is 31.7. The molecule has 0 aliphatic carbocycles. The Morgan fingerprint density at radius 3 is 1.11 bits per heavy atom. The Morgan fingerprint density at radius 2 is 0.723 bits per heavy atom. The van der Waals surface area contributed by atoms with Crippen molar-refractivity contribution >= 4 is 23.9 Å². The fourth-order valence-electron chi connectivity index (χ4n) is 11.1. The number of hydrogen-bond donors (Lipinski definition) is 3. The fourth-order valence-corrected chi connectivity index (χ4v) is 11.1. The highest BCUT2D eigenvalue weighted by Gasteiger charge is 2.50. The predicted octanol–water partition coefficient (Wildman–Crippen LogP) is 19.4. The average molecular weight is 1180 g/mol. The molecule has 83 heavy (non-hydrogen) atoms. The van der Waals surface area contributed by atoms with Gasteiger partial charge in [0.15, 0.2) is 24.6 Å². The number of carbonyl (C=O) groups is 4. The van der Waals surface area contributed by atoms with Crippen molar-refractivity contribution in [2.75, 3.05) is 13.2 Å². The van der Waals surface area contributed by atoms with Crippen LogP contribution in [-0.4, -0.2) is 89.2 Å². The molecular weight excluding hydrogens is 1040 g/mol. The zero-order valence-electron chi connectivity index (χ0n) is 54.0. The molecule has 486 valence electrons. The van der Waals surface area contributed by atoms with Crippen LogP contribution in [-0.2, 0) is 42.9 Å². The molecule has 1 heterocycles. The predicted molar refractivity (Wildman–Crippen MR) is 340 cm³/mol. The molecule has 0 aromatic heterocycles. The summed E-state index contributed by atoms with van der Waals surface area (Å²) in [5.74, 6) is -3.08. The molecule has 0 bridgehead atoms. The number of esters is 3. The van der Waals surface area contributed by atoms with E-state index in [1.54, 1.807) is 0 Å². The van der Waals surface area contributed by atoms with Crippen LogP contribution in [0.5, 0.6) is 0 Å². The van der Waals surface area contributed by atoms with E-state index in [0.717, 1.165) is 77.0 Å². The second kappa shape index (κ2) is 59.5. The highest BCUT2D eigenvalue weighted by atomic mass is 16.7. The van der Waals surface area contributed by atoms with Crippen LogP contribution < -0.4 is 0 Å². The zero-order chi connectivity index (χ0) is 60.3. The molecule has 1 fully saturated rings. The Hall–Kier alpha value is -2.80. The molecule has 3 N–H and O–H groups in total. The number of carboxylic acids is 1. The topological polar surface area (TPSA) is 175 Å². The maximum absolute atomic E-state index is 13.2. The van der Waals surface area contributed by atoms with E-state index in [1.165, 1.54) is 218 Å². The Kier molecular flexibility index (Phi) is 56.1. The molecule has 1 rings (SSSR count). The lowest BCUT2D eigenvalue weighted by Crippen LogP contribution is -2.61. The van der Waals surface area contributed by atoms with Gasteiger partial charge >= 0.3 is 23.9 Å². The lowest BCUT2D eigenvalue weighted by molar-refractivity contribution is -0.301. The van der Waals surface area contributed by atoms with Crippen LogP contribution >= 0.6 is 0 Å². The summed E-state index contributed by atoms with van der Waals surface area (Å²) in [6, 6.07) is 0. The number of rotatable bonds is 62. The molecule has 6 unspecified atom stereocenters. The molecule has 0 aromatic carbocycles. The van der Waals surface area contributed by atoms with E-state index in [-0.39, 0.29) is 25.9 Å². The Morgan fingerprint density at radius 1 is 0.398 bits per heavy atom. The minimum absolute atomic E-state index is 0.0679. The van der Waals surface area contributed by atoms with Crippen LogP contribution in [0.25, 0.3) is 0 Å². The van der Waals surface area contributed by atoms with E-state index in [2.05, 4.69) is 45.1 Å². The van der Waals surface area contributed by atoms with Crippen molar-refractivity contribution in [3.63, 3.8) is 0 Å². The standard InChI is InChI=1S/C71H130O12/c1-4-7-10-13-16-19-22-25-28-31-32-35-38-41-44-47-50-53-56-59-65(74)82-69-67(76)66(75)68(70(77)78)83-71(69)80-61-62(81-64(73)58-55-52-49-46-43-40-37-34-30-27-24-21-18-15-12-9-6-3)60-79-63(72)57-54-51-48-45-42-39-36-33-29-26-23-20-17-14-11-8-5-2/h17,20,26,29,62,66-69,71,75-76H,4-16,18-19,21-25,27-28,30-61H2,1-3H3,(H,77,78)/b20-17-,29-26-. The molecule has 12 nitrogen and oxygen atoms in total.